The number of imidazole rings is 1. The highest BCUT2D eigenvalue weighted by atomic mass is 16.3. The summed E-state index contributed by atoms with van der Waals surface area (Å²) in [6, 6.07) is 5.53. The highest BCUT2D eigenvalue weighted by molar-refractivity contribution is 6.13. The van der Waals surface area contributed by atoms with E-state index in [1.165, 1.54) is 20.1 Å². The zero-order chi connectivity index (χ0) is 13.1. The number of nitrogens with zero attached hydrogens (tertiary/aromatic N) is 2. The Morgan fingerprint density at radius 1 is 1.44 bits per heavy atom. The van der Waals surface area contributed by atoms with Gasteiger partial charge in [-0.25, -0.2) is 4.98 Å². The average Bonchev–Trinajstić information content (AvgIpc) is 2.77. The molecular formula is C13H13N3O2. The number of benzene rings is 1. The normalized spacial score (nSPS) is 13.0. The smallest absolute Gasteiger partial charge is 0.164 e. The van der Waals surface area contributed by atoms with Crippen molar-refractivity contribution in [3.63, 3.8) is 0 Å². The molecule has 5 heteroatoms. The van der Waals surface area contributed by atoms with Gasteiger partial charge in [-0.05, 0) is 26.0 Å². The van der Waals surface area contributed by atoms with Gasteiger partial charge in [0.25, 0.3) is 0 Å². The van der Waals surface area contributed by atoms with Crippen LogP contribution in [0.5, 0.6) is 0 Å². The fourth-order valence-corrected chi connectivity index (χ4v) is 1.63. The molecule has 1 aromatic heterocycles. The summed E-state index contributed by atoms with van der Waals surface area (Å²) in [5.41, 5.74) is 2.45. The molecule has 0 saturated carbocycles. The van der Waals surface area contributed by atoms with Crippen LogP contribution in [0.4, 0.5) is 5.69 Å². The SMILES string of the molecule is CC(=O)/C(C=Nc1cccc2[nH]cnc12)=C(\C)O. The summed E-state index contributed by atoms with van der Waals surface area (Å²) in [6.07, 6.45) is 2.95. The number of aliphatic imine (C=N–C) groups is 1. The molecule has 0 aliphatic carbocycles. The number of hydrogen-bond acceptors (Lipinski definition) is 4. The maximum absolute atomic E-state index is 11.3. The Kier molecular flexibility index (Phi) is 3.23. The Morgan fingerprint density at radius 2 is 2.22 bits per heavy atom. The van der Waals surface area contributed by atoms with E-state index in [9.17, 15) is 9.90 Å². The van der Waals surface area contributed by atoms with Crippen LogP contribution in [0.3, 0.4) is 0 Å². The van der Waals surface area contributed by atoms with E-state index in [1.54, 1.807) is 12.4 Å². The topological polar surface area (TPSA) is 78.3 Å². The molecule has 0 saturated heterocycles. The maximum atomic E-state index is 11.3. The summed E-state index contributed by atoms with van der Waals surface area (Å²) < 4.78 is 0. The fraction of sp³-hybridized carbons (Fsp3) is 0.154. The molecule has 92 valence electrons. The third kappa shape index (κ3) is 2.29. The van der Waals surface area contributed by atoms with Crippen LogP contribution < -0.4 is 0 Å². The van der Waals surface area contributed by atoms with Gasteiger partial charge in [0.05, 0.1) is 23.1 Å². The minimum atomic E-state index is -0.229. The third-order valence-corrected chi connectivity index (χ3v) is 2.53. The van der Waals surface area contributed by atoms with Crippen LogP contribution in [0.2, 0.25) is 0 Å². The van der Waals surface area contributed by atoms with Crippen LogP contribution in [0, 0.1) is 0 Å². The molecule has 2 rings (SSSR count). The van der Waals surface area contributed by atoms with Gasteiger partial charge in [0.1, 0.15) is 11.3 Å². The summed E-state index contributed by atoms with van der Waals surface area (Å²) in [5, 5.41) is 9.38. The number of para-hydroxylation sites is 1. The molecule has 0 unspecified atom stereocenters. The quantitative estimate of drug-likeness (QED) is 0.494. The van der Waals surface area contributed by atoms with E-state index in [0.29, 0.717) is 5.69 Å². The average molecular weight is 243 g/mol. The first-order valence-corrected chi connectivity index (χ1v) is 5.46. The Morgan fingerprint density at radius 3 is 2.89 bits per heavy atom. The Bertz CT molecular complexity index is 649. The monoisotopic (exact) mass is 243 g/mol. The number of aliphatic hydroxyl groups is 1. The van der Waals surface area contributed by atoms with Gasteiger partial charge in [-0.2, -0.15) is 0 Å². The Labute approximate surface area is 104 Å². The number of fused-ring (bicyclic) bond motifs is 1. The molecule has 0 aliphatic rings. The van der Waals surface area contributed by atoms with Crippen molar-refractivity contribution >= 4 is 28.7 Å². The van der Waals surface area contributed by atoms with Crippen molar-refractivity contribution in [2.45, 2.75) is 13.8 Å². The number of hydrogen-bond donors (Lipinski definition) is 2. The first-order chi connectivity index (χ1) is 8.59. The van der Waals surface area contributed by atoms with Crippen LogP contribution in [-0.2, 0) is 4.79 Å². The van der Waals surface area contributed by atoms with Crippen molar-refractivity contribution in [1.82, 2.24) is 9.97 Å². The molecule has 0 amide bonds. The van der Waals surface area contributed by atoms with Crippen molar-refractivity contribution in [3.8, 4) is 0 Å². The Balaban J connectivity index is 2.42. The second-order valence-corrected chi connectivity index (χ2v) is 3.89. The van der Waals surface area contributed by atoms with Gasteiger partial charge in [0, 0.05) is 6.21 Å². The Hall–Kier alpha value is -2.43. The minimum absolute atomic E-state index is 0.0412. The number of nitrogens with one attached hydrogen (secondary N) is 1. The lowest BCUT2D eigenvalue weighted by atomic mass is 10.2. The van der Waals surface area contributed by atoms with E-state index < -0.39 is 0 Å². The van der Waals surface area contributed by atoms with Crippen LogP contribution in [0.1, 0.15) is 13.8 Å². The number of Topliss-reactive ketones (excluding diaryl/α,β-unsaturated/α-hetero) is 1. The predicted octanol–water partition coefficient (Wildman–Crippen LogP) is 2.69. The second kappa shape index (κ2) is 4.83. The minimum Gasteiger partial charge on any atom is -0.512 e. The van der Waals surface area contributed by atoms with E-state index in [2.05, 4.69) is 15.0 Å². The first-order valence-electron chi connectivity index (χ1n) is 5.46. The number of aromatic nitrogens is 2. The van der Waals surface area contributed by atoms with E-state index in [-0.39, 0.29) is 17.1 Å². The maximum Gasteiger partial charge on any atom is 0.164 e. The first kappa shape index (κ1) is 12.0. The zero-order valence-corrected chi connectivity index (χ0v) is 10.1. The zero-order valence-electron chi connectivity index (χ0n) is 10.1. The molecule has 5 nitrogen and oxygen atoms in total. The molecule has 1 aromatic carbocycles. The van der Waals surface area contributed by atoms with Crippen LogP contribution >= 0.6 is 0 Å². The fourth-order valence-electron chi connectivity index (χ4n) is 1.63. The van der Waals surface area contributed by atoms with Crippen LogP contribution in [0.15, 0.2) is 40.9 Å². The van der Waals surface area contributed by atoms with Gasteiger partial charge in [-0.1, -0.05) is 6.07 Å². The molecule has 2 aromatic rings. The number of aromatic amines is 1. The van der Waals surface area contributed by atoms with Gasteiger partial charge in [-0.15, -0.1) is 0 Å². The number of rotatable bonds is 3. The molecule has 1 heterocycles. The predicted molar refractivity (Wildman–Crippen MR) is 70.3 cm³/mol. The second-order valence-electron chi connectivity index (χ2n) is 3.89. The number of ketones is 1. The van der Waals surface area contributed by atoms with Gasteiger partial charge >= 0.3 is 0 Å². The molecule has 2 N–H and O–H groups in total. The molecule has 0 radical (unpaired) electrons. The molecule has 0 atom stereocenters. The van der Waals surface area contributed by atoms with Crippen molar-refractivity contribution in [3.05, 3.63) is 35.9 Å². The number of carbonyl (C=O) groups is 1. The van der Waals surface area contributed by atoms with Gasteiger partial charge in [0.2, 0.25) is 0 Å². The highest BCUT2D eigenvalue weighted by Gasteiger charge is 2.06. The number of aliphatic hydroxyl groups excluding tert-OH is 1. The molecule has 18 heavy (non-hydrogen) atoms. The lowest BCUT2D eigenvalue weighted by molar-refractivity contribution is -0.113. The summed E-state index contributed by atoms with van der Waals surface area (Å²) in [5.74, 6) is -0.270. The molecule has 0 aliphatic heterocycles. The lowest BCUT2D eigenvalue weighted by Gasteiger charge is -1.98. The van der Waals surface area contributed by atoms with Crippen molar-refractivity contribution in [1.29, 1.82) is 0 Å². The van der Waals surface area contributed by atoms with Gasteiger partial charge in [0.15, 0.2) is 5.78 Å². The van der Waals surface area contributed by atoms with E-state index in [1.807, 2.05) is 12.1 Å². The summed E-state index contributed by atoms with van der Waals surface area (Å²) in [6.45, 7) is 2.84. The van der Waals surface area contributed by atoms with E-state index in [4.69, 9.17) is 0 Å². The van der Waals surface area contributed by atoms with Crippen LogP contribution in [-0.4, -0.2) is 27.1 Å². The summed E-state index contributed by atoms with van der Waals surface area (Å²) >= 11 is 0. The standard InChI is InChI=1S/C13H13N3O2/c1-8(17)10(9(2)18)6-14-11-4-3-5-12-13(11)16-7-15-12/h3-7,17H,1-2H3,(H,15,16)/b10-8+,14-6?. The summed E-state index contributed by atoms with van der Waals surface area (Å²) in [7, 11) is 0. The van der Waals surface area contributed by atoms with E-state index in [0.717, 1.165) is 11.0 Å². The number of carbonyl (C=O) groups excluding carboxylic acids is 1. The largest absolute Gasteiger partial charge is 0.512 e. The summed E-state index contributed by atoms with van der Waals surface area (Å²) in [4.78, 5) is 22.6. The lowest BCUT2D eigenvalue weighted by Crippen LogP contribution is -2.01. The molecule has 0 spiro atoms. The van der Waals surface area contributed by atoms with Gasteiger partial charge < -0.3 is 10.1 Å². The molecule has 0 fully saturated rings. The van der Waals surface area contributed by atoms with Crippen LogP contribution in [0.25, 0.3) is 11.0 Å². The third-order valence-electron chi connectivity index (χ3n) is 2.53. The molecular weight excluding hydrogens is 230 g/mol. The molecule has 0 bridgehead atoms. The number of H-pyrrole nitrogens is 1. The van der Waals surface area contributed by atoms with E-state index >= 15 is 0 Å². The van der Waals surface area contributed by atoms with Crippen molar-refractivity contribution in [2.75, 3.05) is 0 Å². The van der Waals surface area contributed by atoms with Gasteiger partial charge in [-0.3, -0.25) is 9.79 Å². The van der Waals surface area contributed by atoms with Crippen molar-refractivity contribution < 1.29 is 9.90 Å². The highest BCUT2D eigenvalue weighted by Crippen LogP contribution is 2.22. The van der Waals surface area contributed by atoms with Crippen molar-refractivity contribution in [2.24, 2.45) is 4.99 Å². The number of allylic oxidation sites excluding steroid dienone is 2.